The van der Waals surface area contributed by atoms with Crippen LogP contribution in [0.15, 0.2) is 48.7 Å². The Morgan fingerprint density at radius 1 is 1.02 bits per heavy atom. The first kappa shape index (κ1) is 27.1. The summed E-state index contributed by atoms with van der Waals surface area (Å²) >= 11 is 0. The van der Waals surface area contributed by atoms with Gasteiger partial charge in [-0.15, -0.1) is 10.2 Å². The highest BCUT2D eigenvalue weighted by atomic mass is 16.5. The van der Waals surface area contributed by atoms with Crippen molar-refractivity contribution in [2.75, 3.05) is 16.8 Å². The Balaban J connectivity index is 1.18. The number of benzene rings is 1. The van der Waals surface area contributed by atoms with Crippen LogP contribution in [0.5, 0.6) is 5.75 Å². The number of rotatable bonds is 5. The van der Waals surface area contributed by atoms with Gasteiger partial charge in [0.05, 0.1) is 17.9 Å². The van der Waals surface area contributed by atoms with E-state index >= 15 is 0 Å². The van der Waals surface area contributed by atoms with Crippen LogP contribution >= 0.6 is 0 Å². The van der Waals surface area contributed by atoms with Gasteiger partial charge < -0.3 is 15.0 Å². The van der Waals surface area contributed by atoms with E-state index in [1.165, 1.54) is 12.8 Å². The number of carbonyl (C=O) groups is 1. The molecule has 0 unspecified atom stereocenters. The Kier molecular flexibility index (Phi) is 7.09. The molecule has 1 fully saturated rings. The fourth-order valence-corrected chi connectivity index (χ4v) is 5.97. The second-order valence-electron chi connectivity index (χ2n) is 12.4. The summed E-state index contributed by atoms with van der Waals surface area (Å²) in [5, 5.41) is 19.6. The van der Waals surface area contributed by atoms with Crippen molar-refractivity contribution in [2.24, 2.45) is 7.05 Å². The largest absolute Gasteiger partial charge is 0.484 e. The molecule has 1 aliphatic heterocycles. The fourth-order valence-electron chi connectivity index (χ4n) is 5.97. The Hall–Kier alpha value is -4.08. The van der Waals surface area contributed by atoms with E-state index in [9.17, 15) is 4.79 Å². The Morgan fingerprint density at radius 3 is 2.59 bits per heavy atom. The molecule has 216 valence electrons. The molecule has 0 saturated carbocycles. The number of nitrogens with one attached hydrogen (secondary N) is 2. The van der Waals surface area contributed by atoms with Gasteiger partial charge in [-0.1, -0.05) is 45.0 Å². The van der Waals surface area contributed by atoms with E-state index in [0.29, 0.717) is 11.9 Å². The lowest BCUT2D eigenvalue weighted by Gasteiger charge is -2.33. The number of fused-ring (bicyclic) bond motifs is 2. The first-order valence-electron chi connectivity index (χ1n) is 14.7. The lowest BCUT2D eigenvalue weighted by molar-refractivity contribution is 0.171. The number of amides is 2. The van der Waals surface area contributed by atoms with Crippen LogP contribution in [0.25, 0.3) is 5.65 Å². The number of piperidine rings is 1. The maximum Gasteiger partial charge on any atom is 0.320 e. The molecule has 2 N–H and O–H groups in total. The molecule has 10 heteroatoms. The lowest BCUT2D eigenvalue weighted by atomic mass is 9.85. The van der Waals surface area contributed by atoms with E-state index in [1.807, 2.05) is 48.0 Å². The third-order valence-corrected chi connectivity index (χ3v) is 8.33. The highest BCUT2D eigenvalue weighted by molar-refractivity contribution is 5.88. The van der Waals surface area contributed by atoms with E-state index in [0.717, 1.165) is 60.0 Å². The molecule has 41 heavy (non-hydrogen) atoms. The monoisotopic (exact) mass is 556 g/mol. The molecule has 1 aromatic carbocycles. The Morgan fingerprint density at radius 2 is 1.83 bits per heavy atom. The molecule has 3 aromatic heterocycles. The van der Waals surface area contributed by atoms with Crippen molar-refractivity contribution in [3.05, 3.63) is 65.5 Å². The van der Waals surface area contributed by atoms with Crippen LogP contribution in [0.1, 0.15) is 88.8 Å². The number of aryl methyl sites for hydroxylation is 1. The predicted molar refractivity (Wildman–Crippen MR) is 159 cm³/mol. The summed E-state index contributed by atoms with van der Waals surface area (Å²) in [7, 11) is 1.84. The summed E-state index contributed by atoms with van der Waals surface area (Å²) < 4.78 is 10.3. The van der Waals surface area contributed by atoms with Gasteiger partial charge >= 0.3 is 6.03 Å². The molecule has 4 heterocycles. The summed E-state index contributed by atoms with van der Waals surface area (Å²) in [6.45, 7) is 9.56. The average molecular weight is 557 g/mol. The molecule has 3 atom stereocenters. The molecule has 2 amide bonds. The summed E-state index contributed by atoms with van der Waals surface area (Å²) in [6.07, 6.45) is 7.01. The first-order chi connectivity index (χ1) is 19.7. The summed E-state index contributed by atoms with van der Waals surface area (Å²) in [4.78, 5) is 15.4. The minimum absolute atomic E-state index is 0.0993. The fraction of sp³-hybridized carbons (Fsp3) is 0.484. The van der Waals surface area contributed by atoms with Gasteiger partial charge in [0.15, 0.2) is 5.65 Å². The van der Waals surface area contributed by atoms with Crippen molar-refractivity contribution in [3.8, 4) is 5.75 Å². The Bertz CT molecular complexity index is 1550. The van der Waals surface area contributed by atoms with Gasteiger partial charge in [-0.05, 0) is 62.3 Å². The molecular formula is C31H40N8O2. The van der Waals surface area contributed by atoms with Crippen molar-refractivity contribution in [1.82, 2.24) is 29.7 Å². The van der Waals surface area contributed by atoms with Gasteiger partial charge in [0.25, 0.3) is 0 Å². The number of anilines is 2. The quantitative estimate of drug-likeness (QED) is 0.317. The number of urea groups is 1. The molecule has 1 saturated heterocycles. The van der Waals surface area contributed by atoms with E-state index in [2.05, 4.69) is 70.7 Å². The third kappa shape index (κ3) is 5.47. The van der Waals surface area contributed by atoms with Gasteiger partial charge in [-0.25, -0.2) is 4.79 Å². The van der Waals surface area contributed by atoms with Crippen molar-refractivity contribution < 1.29 is 9.53 Å². The number of hydrogen-bond acceptors (Lipinski definition) is 6. The van der Waals surface area contributed by atoms with Gasteiger partial charge in [-0.3, -0.25) is 14.4 Å². The maximum atomic E-state index is 13.0. The van der Waals surface area contributed by atoms with Crippen LogP contribution in [-0.4, -0.2) is 43.0 Å². The van der Waals surface area contributed by atoms with Gasteiger partial charge in [0.1, 0.15) is 17.7 Å². The van der Waals surface area contributed by atoms with Crippen LogP contribution in [0, 0.1) is 0 Å². The third-order valence-electron chi connectivity index (χ3n) is 8.33. The number of ether oxygens (including phenoxy) is 1. The molecule has 1 aliphatic carbocycles. The van der Waals surface area contributed by atoms with Crippen molar-refractivity contribution in [1.29, 1.82) is 0 Å². The second kappa shape index (κ2) is 10.7. The highest BCUT2D eigenvalue weighted by Gasteiger charge is 2.30. The van der Waals surface area contributed by atoms with Crippen molar-refractivity contribution >= 4 is 23.4 Å². The molecule has 0 bridgehead atoms. The second-order valence-corrected chi connectivity index (χ2v) is 12.4. The number of nitrogens with zero attached hydrogens (tertiary/aromatic N) is 6. The average Bonchev–Trinajstić information content (AvgIpc) is 3.53. The SMILES string of the molecule is C[C@H]1CCCCN1c1nnc2ccc(O[C@@H]3CC[C@H](NC(=O)Nc4cc(C(C)(C)C)nn4C)c4ccccc43)cn12. The van der Waals surface area contributed by atoms with Crippen LogP contribution in [0.4, 0.5) is 16.6 Å². The minimum atomic E-state index is -0.245. The van der Waals surface area contributed by atoms with Crippen LogP contribution in [0.2, 0.25) is 0 Å². The van der Waals surface area contributed by atoms with Crippen molar-refractivity contribution in [2.45, 2.75) is 83.4 Å². The normalized spacial score (nSPS) is 21.0. The molecule has 0 spiro atoms. The minimum Gasteiger partial charge on any atom is -0.484 e. The summed E-state index contributed by atoms with van der Waals surface area (Å²) in [5.74, 6) is 2.32. The summed E-state index contributed by atoms with van der Waals surface area (Å²) in [5.41, 5.74) is 3.81. The van der Waals surface area contributed by atoms with E-state index in [4.69, 9.17) is 4.74 Å². The predicted octanol–water partition coefficient (Wildman–Crippen LogP) is 5.92. The zero-order valence-corrected chi connectivity index (χ0v) is 24.6. The van der Waals surface area contributed by atoms with Crippen LogP contribution in [-0.2, 0) is 12.5 Å². The van der Waals surface area contributed by atoms with Gasteiger partial charge in [-0.2, -0.15) is 5.10 Å². The standard InChI is InChI=1S/C31H40N8O2/c1-20-10-8-9-17-38(20)30-35-34-27-16-13-21(19-39(27)30)41-25-15-14-24(22-11-6-7-12-23(22)25)32-29(40)33-28-18-26(31(2,3)4)36-37(28)5/h6-7,11-13,16,18-20,24-25H,8-10,14-15,17H2,1-5H3,(H2,32,33,40)/t20-,24-,25+/m0/s1. The number of aromatic nitrogens is 5. The Labute approximate surface area is 241 Å². The number of carbonyl (C=O) groups excluding carboxylic acids is 1. The zero-order valence-electron chi connectivity index (χ0n) is 24.6. The molecular weight excluding hydrogens is 516 g/mol. The smallest absolute Gasteiger partial charge is 0.320 e. The van der Waals surface area contributed by atoms with Crippen LogP contribution in [0.3, 0.4) is 0 Å². The molecule has 4 aromatic rings. The van der Waals surface area contributed by atoms with Crippen molar-refractivity contribution in [3.63, 3.8) is 0 Å². The lowest BCUT2D eigenvalue weighted by Crippen LogP contribution is -2.38. The van der Waals surface area contributed by atoms with Gasteiger partial charge in [0.2, 0.25) is 5.95 Å². The number of pyridine rings is 1. The zero-order chi connectivity index (χ0) is 28.7. The summed E-state index contributed by atoms with van der Waals surface area (Å²) in [6, 6.07) is 14.2. The molecule has 6 rings (SSSR count). The maximum absolute atomic E-state index is 13.0. The molecule has 2 aliphatic rings. The van der Waals surface area contributed by atoms with Gasteiger partial charge in [0, 0.05) is 31.1 Å². The molecule has 0 radical (unpaired) electrons. The van der Waals surface area contributed by atoms with E-state index in [-0.39, 0.29) is 23.6 Å². The topological polar surface area (TPSA) is 102 Å². The van der Waals surface area contributed by atoms with E-state index < -0.39 is 0 Å². The van der Waals surface area contributed by atoms with Crippen LogP contribution < -0.4 is 20.3 Å². The molecule has 10 nitrogen and oxygen atoms in total. The highest BCUT2D eigenvalue weighted by Crippen LogP contribution is 2.39. The van der Waals surface area contributed by atoms with E-state index in [1.54, 1.807) is 4.68 Å². The number of hydrogen-bond donors (Lipinski definition) is 2. The first-order valence-corrected chi connectivity index (χ1v) is 14.7.